The van der Waals surface area contributed by atoms with Gasteiger partial charge in [0.15, 0.2) is 0 Å². The van der Waals surface area contributed by atoms with Crippen molar-refractivity contribution in [1.29, 1.82) is 0 Å². The first-order chi connectivity index (χ1) is 1.91. The predicted molar refractivity (Wildman–Crippen MR) is 16.5 cm³/mol. The molecule has 24 valence electrons. The number of nitrogens with one attached hydrogen (secondary N) is 1. The summed E-state index contributed by atoms with van der Waals surface area (Å²) in [7, 11) is 0. The van der Waals surface area contributed by atoms with Crippen LogP contribution in [0.5, 0.6) is 0 Å². The molecule has 4 heavy (non-hydrogen) atoms. The van der Waals surface area contributed by atoms with Gasteiger partial charge in [0.2, 0.25) is 0 Å². The van der Waals surface area contributed by atoms with Crippen molar-refractivity contribution in [2.75, 3.05) is 0 Å². The lowest BCUT2D eigenvalue weighted by Crippen LogP contribution is -1.25. The van der Waals surface area contributed by atoms with Gasteiger partial charge in [-0.05, 0) is 0 Å². The van der Waals surface area contributed by atoms with E-state index in [9.17, 15) is 0 Å². The normalized spacial score (nSPS) is 9.00. The molecule has 0 aromatic rings. The molecule has 0 rings (SSSR count). The van der Waals surface area contributed by atoms with Crippen LogP contribution in [0.25, 0.3) is 5.84 Å². The molecule has 0 radical (unpaired) electrons. The third kappa shape index (κ3) is 1.62. The van der Waals surface area contributed by atoms with Crippen LogP contribution in [-0.4, -0.2) is 0 Å². The lowest BCUT2D eigenvalue weighted by molar-refractivity contribution is 1.37. The highest BCUT2D eigenvalue weighted by atomic mass is 32.1. The summed E-state index contributed by atoms with van der Waals surface area (Å²) in [5, 5.41) is 2.43. The topological polar surface area (TPSA) is 48.5 Å². The van der Waals surface area contributed by atoms with E-state index in [0.29, 0.717) is 0 Å². The van der Waals surface area contributed by atoms with Gasteiger partial charge in [0, 0.05) is 0 Å². The van der Waals surface area contributed by atoms with Crippen LogP contribution in [0, 0.1) is 0 Å². The lowest BCUT2D eigenvalue weighted by Gasteiger charge is -1.93. The summed E-state index contributed by atoms with van der Waals surface area (Å²) in [5.74, 6) is 5.81. The van der Waals surface area contributed by atoms with Crippen molar-refractivity contribution >= 4 is 12.8 Å². The average Bonchev–Trinajstić information content (AvgIpc) is 1.37. The second kappa shape index (κ2) is 2.62. The Bertz CT molecular complexity index is 18.5. The summed E-state index contributed by atoms with van der Waals surface area (Å²) in [5.41, 5.74) is 0. The zero-order chi connectivity index (χ0) is 3.41. The Kier molecular flexibility index (Phi) is 2.37. The summed E-state index contributed by atoms with van der Waals surface area (Å²) in [6.07, 6.45) is 0. The number of nitrogens with zero attached hydrogens (tertiary/aromatic N) is 2. The fourth-order valence-corrected chi connectivity index (χ4v) is 0. The SMILES string of the molecule is [NH-]/N=N/[S-]. The van der Waals surface area contributed by atoms with Gasteiger partial charge in [0.25, 0.3) is 0 Å². The summed E-state index contributed by atoms with van der Waals surface area (Å²) in [6.45, 7) is 0. The highest BCUT2D eigenvalue weighted by molar-refractivity contribution is 7.56. The second-order valence-corrected chi connectivity index (χ2v) is 0.345. The Morgan fingerprint density at radius 2 is 2.00 bits per heavy atom. The van der Waals surface area contributed by atoms with Gasteiger partial charge < -0.3 is 28.4 Å². The molecule has 0 heterocycles. The van der Waals surface area contributed by atoms with Crippen LogP contribution in [0.4, 0.5) is 0 Å². The minimum atomic E-state index is 2.43. The van der Waals surface area contributed by atoms with Gasteiger partial charge in [-0.25, -0.2) is 0 Å². The molecule has 0 aliphatic heterocycles. The molecule has 0 saturated carbocycles. The molecule has 0 fully saturated rings. The average molecular weight is 75.1 g/mol. The first-order valence-electron chi connectivity index (χ1n) is 0.606. The van der Waals surface area contributed by atoms with Crippen LogP contribution < -0.4 is 0 Å². The van der Waals surface area contributed by atoms with E-state index in [0.717, 1.165) is 0 Å². The van der Waals surface area contributed by atoms with Crippen molar-refractivity contribution in [3.63, 3.8) is 0 Å². The van der Waals surface area contributed by atoms with E-state index < -0.39 is 0 Å². The van der Waals surface area contributed by atoms with E-state index in [2.05, 4.69) is 22.6 Å². The monoisotopic (exact) mass is 75.0 g/mol. The zero-order valence-electron chi connectivity index (χ0n) is 1.80. The fraction of sp³-hybridized carbons (Fsp3) is 0. The third-order valence-corrected chi connectivity index (χ3v) is 0.122. The number of rotatable bonds is 0. The summed E-state index contributed by atoms with van der Waals surface area (Å²) < 4.78 is 2.61. The smallest absolute Gasteiger partial charge is 0.304 e. The summed E-state index contributed by atoms with van der Waals surface area (Å²) in [4.78, 5) is 0. The van der Waals surface area contributed by atoms with Gasteiger partial charge in [-0.3, -0.25) is 0 Å². The molecule has 0 atom stereocenters. The molecular formula is HN3S-2. The Balaban J connectivity index is 2.55. The number of hydrogen-bond acceptors (Lipinski definition) is 3. The van der Waals surface area contributed by atoms with Crippen LogP contribution in [-0.2, 0) is 12.8 Å². The van der Waals surface area contributed by atoms with E-state index in [-0.39, 0.29) is 0 Å². The van der Waals surface area contributed by atoms with Crippen LogP contribution in [0.15, 0.2) is 9.74 Å². The summed E-state index contributed by atoms with van der Waals surface area (Å²) in [6, 6.07) is 0. The Labute approximate surface area is 29.4 Å². The summed E-state index contributed by atoms with van der Waals surface area (Å²) >= 11 is 3.82. The molecule has 0 spiro atoms. The maximum atomic E-state index is 5.81. The molecule has 0 saturated heterocycles. The molecule has 1 N–H and O–H groups in total. The van der Waals surface area contributed by atoms with Crippen molar-refractivity contribution in [2.24, 2.45) is 9.74 Å². The zero-order valence-corrected chi connectivity index (χ0v) is 2.62. The van der Waals surface area contributed by atoms with Gasteiger partial charge in [0.1, 0.15) is 0 Å². The van der Waals surface area contributed by atoms with Gasteiger partial charge in [-0.1, -0.05) is 0 Å². The van der Waals surface area contributed by atoms with E-state index in [1.807, 2.05) is 0 Å². The number of hydrogen-bond donors (Lipinski definition) is 0. The Hall–Kier alpha value is -0.380. The molecule has 0 unspecified atom stereocenters. The van der Waals surface area contributed by atoms with Crippen molar-refractivity contribution < 1.29 is 0 Å². The largest absolute Gasteiger partial charge is 0.805 e. The first-order valence-corrected chi connectivity index (χ1v) is 0.971. The predicted octanol–water partition coefficient (Wildman–Crippen LogP) is 0.868. The van der Waals surface area contributed by atoms with Gasteiger partial charge in [-0.2, -0.15) is 0 Å². The molecule has 0 amide bonds. The second-order valence-electron chi connectivity index (χ2n) is 0.182. The molecule has 3 nitrogen and oxygen atoms in total. The van der Waals surface area contributed by atoms with Gasteiger partial charge >= 0.3 is 0 Å². The quantitative estimate of drug-likeness (QED) is 0.239. The van der Waals surface area contributed by atoms with Crippen LogP contribution in [0.3, 0.4) is 0 Å². The third-order valence-electron chi connectivity index (χ3n) is 0.0408. The molecule has 0 aliphatic rings. The van der Waals surface area contributed by atoms with E-state index in [4.69, 9.17) is 5.84 Å². The van der Waals surface area contributed by atoms with E-state index in [1.165, 1.54) is 0 Å². The van der Waals surface area contributed by atoms with Crippen molar-refractivity contribution in [3.8, 4) is 0 Å². The molecule has 0 aromatic heterocycles. The highest BCUT2D eigenvalue weighted by Crippen LogP contribution is 1.59. The molecule has 0 aromatic carbocycles. The Morgan fingerprint density at radius 3 is 2.00 bits per heavy atom. The van der Waals surface area contributed by atoms with Gasteiger partial charge in [-0.15, -0.1) is 0 Å². The molecule has 0 bridgehead atoms. The maximum Gasteiger partial charge on any atom is -0.304 e. The van der Waals surface area contributed by atoms with Crippen molar-refractivity contribution in [2.45, 2.75) is 0 Å². The van der Waals surface area contributed by atoms with Gasteiger partial charge in [0.05, 0.1) is 0 Å². The van der Waals surface area contributed by atoms with E-state index in [1.54, 1.807) is 0 Å². The molecule has 0 aliphatic carbocycles. The highest BCUT2D eigenvalue weighted by Gasteiger charge is 0.966. The Morgan fingerprint density at radius 1 is 1.75 bits per heavy atom. The maximum absolute atomic E-state index is 5.81. The standard InChI is InChI=1S/H2N3S/c1-2-3-4/h(H2-,1,2,3,4)/q-1/p-1. The molecular weight excluding hydrogens is 74.1 g/mol. The van der Waals surface area contributed by atoms with Crippen LogP contribution in [0.1, 0.15) is 0 Å². The minimum Gasteiger partial charge on any atom is -0.805 e. The van der Waals surface area contributed by atoms with Crippen LogP contribution >= 0.6 is 0 Å². The van der Waals surface area contributed by atoms with E-state index >= 15 is 0 Å². The molecule has 4 heteroatoms. The van der Waals surface area contributed by atoms with Crippen LogP contribution in [0.2, 0.25) is 0 Å². The fourth-order valence-electron chi connectivity index (χ4n) is 0. The van der Waals surface area contributed by atoms with Crippen molar-refractivity contribution in [3.05, 3.63) is 5.84 Å². The first kappa shape index (κ1) is 3.62. The lowest BCUT2D eigenvalue weighted by atomic mass is 12.8. The minimum absolute atomic E-state index is 2.43. The van der Waals surface area contributed by atoms with Crippen molar-refractivity contribution in [1.82, 2.24) is 0 Å².